The van der Waals surface area contributed by atoms with Gasteiger partial charge in [-0.05, 0) is 55.7 Å². The van der Waals surface area contributed by atoms with Crippen LogP contribution in [-0.4, -0.2) is 32.4 Å². The molecule has 1 aliphatic rings. The lowest BCUT2D eigenvalue weighted by Crippen LogP contribution is -2.48. The topological polar surface area (TPSA) is 113 Å². The lowest BCUT2D eigenvalue weighted by Gasteiger charge is -2.17. The fraction of sp³-hybridized carbons (Fsp3) is 0.280. The van der Waals surface area contributed by atoms with Gasteiger partial charge in [-0.2, -0.15) is 13.2 Å². The number of ether oxygens (including phenoxy) is 1. The van der Waals surface area contributed by atoms with E-state index in [0.717, 1.165) is 24.4 Å². The predicted molar refractivity (Wildman–Crippen MR) is 122 cm³/mol. The number of rotatable bonds is 8. The van der Waals surface area contributed by atoms with Crippen molar-refractivity contribution in [2.75, 3.05) is 0 Å². The second kappa shape index (κ2) is 10.1. The fourth-order valence-electron chi connectivity index (χ4n) is 3.52. The molecule has 3 N–H and O–H groups in total. The van der Waals surface area contributed by atoms with Gasteiger partial charge < -0.3 is 20.5 Å². The number of hydrogen-bond acceptors (Lipinski definition) is 6. The van der Waals surface area contributed by atoms with E-state index in [9.17, 15) is 32.3 Å². The van der Waals surface area contributed by atoms with E-state index in [0.29, 0.717) is 18.5 Å². The molecular weight excluding hydrogens is 496 g/mol. The Morgan fingerprint density at radius 1 is 1.14 bits per heavy atom. The number of amides is 2. The van der Waals surface area contributed by atoms with E-state index in [1.807, 2.05) is 0 Å². The zero-order chi connectivity index (χ0) is 26.8. The van der Waals surface area contributed by atoms with Crippen molar-refractivity contribution < 1.29 is 37.0 Å². The number of carbonyl (C=O) groups excluding carboxylic acids is 2. The summed E-state index contributed by atoms with van der Waals surface area (Å²) in [5, 5.41) is 14.9. The summed E-state index contributed by atoms with van der Waals surface area (Å²) in [4.78, 5) is 32.7. The maximum absolute atomic E-state index is 13.5. The molecule has 2 amide bonds. The number of nitrogens with zero attached hydrogens (tertiary/aromatic N) is 2. The number of benzene rings is 1. The van der Waals surface area contributed by atoms with Crippen LogP contribution in [-0.2, 0) is 17.5 Å². The molecule has 1 unspecified atom stereocenters. The predicted octanol–water partition coefficient (Wildman–Crippen LogP) is 4.06. The molecule has 1 saturated carbocycles. The zero-order valence-electron chi connectivity index (χ0n) is 19.5. The number of alkyl halides is 3. The summed E-state index contributed by atoms with van der Waals surface area (Å²) in [5.74, 6) is -2.15. The van der Waals surface area contributed by atoms with Gasteiger partial charge in [-0.1, -0.05) is 6.07 Å². The molecule has 3 aromatic rings. The molecule has 1 atom stereocenters. The molecule has 1 fully saturated rings. The fourth-order valence-corrected chi connectivity index (χ4v) is 3.52. The van der Waals surface area contributed by atoms with Crippen LogP contribution in [0.2, 0.25) is 0 Å². The van der Waals surface area contributed by atoms with Crippen LogP contribution in [0.25, 0.3) is 0 Å². The number of aliphatic hydroxyl groups is 1. The highest BCUT2D eigenvalue weighted by Crippen LogP contribution is 2.39. The molecule has 12 heteroatoms. The first kappa shape index (κ1) is 26.0. The van der Waals surface area contributed by atoms with Crippen molar-refractivity contribution in [1.29, 1.82) is 0 Å². The van der Waals surface area contributed by atoms with Gasteiger partial charge >= 0.3 is 6.18 Å². The number of nitrogens with one attached hydrogen (secondary N) is 2. The average molecular weight is 518 g/mol. The highest BCUT2D eigenvalue weighted by Gasteiger charge is 2.51. The van der Waals surface area contributed by atoms with Crippen LogP contribution in [0, 0.1) is 5.82 Å². The van der Waals surface area contributed by atoms with Crippen molar-refractivity contribution in [3.63, 3.8) is 0 Å². The Morgan fingerprint density at radius 2 is 1.89 bits per heavy atom. The summed E-state index contributed by atoms with van der Waals surface area (Å²) in [6, 6.07) is 7.19. The summed E-state index contributed by atoms with van der Waals surface area (Å²) in [6.45, 7) is 1.35. The minimum Gasteiger partial charge on any atom is -0.455 e. The van der Waals surface area contributed by atoms with Crippen molar-refractivity contribution in [2.45, 2.75) is 44.1 Å². The zero-order valence-corrected chi connectivity index (χ0v) is 19.5. The van der Waals surface area contributed by atoms with Gasteiger partial charge in [-0.25, -0.2) is 4.39 Å². The quantitative estimate of drug-likeness (QED) is 0.388. The van der Waals surface area contributed by atoms with Crippen LogP contribution in [0.15, 0.2) is 55.0 Å². The van der Waals surface area contributed by atoms with E-state index in [2.05, 4.69) is 20.6 Å². The van der Waals surface area contributed by atoms with E-state index in [1.54, 1.807) is 0 Å². The Hall–Kier alpha value is -4.06. The molecule has 0 bridgehead atoms. The van der Waals surface area contributed by atoms with Crippen LogP contribution < -0.4 is 15.4 Å². The number of hydrogen-bond donors (Lipinski definition) is 3. The Morgan fingerprint density at radius 3 is 2.49 bits per heavy atom. The number of pyridine rings is 2. The normalized spacial score (nSPS) is 15.0. The second-order valence-electron chi connectivity index (χ2n) is 8.63. The molecule has 37 heavy (non-hydrogen) atoms. The van der Waals surface area contributed by atoms with Crippen LogP contribution in [0.1, 0.15) is 53.0 Å². The average Bonchev–Trinajstić information content (AvgIpc) is 3.63. The van der Waals surface area contributed by atoms with Crippen molar-refractivity contribution in [1.82, 2.24) is 20.6 Å². The lowest BCUT2D eigenvalue weighted by atomic mass is 10.1. The van der Waals surface area contributed by atoms with E-state index < -0.39 is 46.8 Å². The molecular formula is C25H22F4N4O4. The first-order valence-electron chi connectivity index (χ1n) is 11.2. The van der Waals surface area contributed by atoms with E-state index in [-0.39, 0.29) is 23.4 Å². The molecule has 4 rings (SSSR count). The monoisotopic (exact) mass is 518 g/mol. The Labute approximate surface area is 208 Å². The minimum atomic E-state index is -4.70. The second-order valence-corrected chi connectivity index (χ2v) is 8.63. The Bertz CT molecular complexity index is 1310. The Balaban J connectivity index is 1.36. The van der Waals surface area contributed by atoms with E-state index in [4.69, 9.17) is 4.74 Å². The molecule has 0 spiro atoms. The molecule has 8 nitrogen and oxygen atoms in total. The molecule has 194 valence electrons. The van der Waals surface area contributed by atoms with Gasteiger partial charge in [0.15, 0.2) is 0 Å². The van der Waals surface area contributed by atoms with Crippen LogP contribution >= 0.6 is 0 Å². The first-order valence-corrected chi connectivity index (χ1v) is 11.2. The Kier molecular flexibility index (Phi) is 7.12. The number of aliphatic hydroxyl groups excluding tert-OH is 1. The SMILES string of the molecule is CC(O)c1ccc(Oc2ccc(CNC(=O)C3(NC(=O)c4cncc(F)c4)CC3)nc2)c(C(F)(F)F)c1. The standard InChI is InChI=1S/C25H22F4N4O4/c1-14(34)15-2-5-21(20(9-15)25(27,28)29)37-19-4-3-18(31-13-19)12-32-23(36)24(6-7-24)33-22(35)16-8-17(26)11-30-10-16/h2-5,8-11,13-14,34H,6-7,12H2,1H3,(H,32,36)(H,33,35). The number of halogens is 4. The van der Waals surface area contributed by atoms with Crippen molar-refractivity contribution in [3.8, 4) is 11.5 Å². The van der Waals surface area contributed by atoms with Crippen molar-refractivity contribution >= 4 is 11.8 Å². The molecule has 1 aliphatic carbocycles. The third kappa shape index (κ3) is 6.20. The minimum absolute atomic E-state index is 0.00482. The summed E-state index contributed by atoms with van der Waals surface area (Å²) in [7, 11) is 0. The summed E-state index contributed by atoms with van der Waals surface area (Å²) >= 11 is 0. The maximum atomic E-state index is 13.5. The van der Waals surface area contributed by atoms with Gasteiger partial charge in [0.05, 0.1) is 41.9 Å². The van der Waals surface area contributed by atoms with Crippen LogP contribution in [0.4, 0.5) is 17.6 Å². The summed E-state index contributed by atoms with van der Waals surface area (Å²) < 4.78 is 59.1. The third-order valence-electron chi connectivity index (χ3n) is 5.75. The molecule has 0 radical (unpaired) electrons. The molecule has 1 aromatic carbocycles. The first-order chi connectivity index (χ1) is 17.5. The van der Waals surface area contributed by atoms with E-state index in [1.165, 1.54) is 37.5 Å². The highest BCUT2D eigenvalue weighted by molar-refractivity contribution is 6.00. The smallest absolute Gasteiger partial charge is 0.419 e. The summed E-state index contributed by atoms with van der Waals surface area (Å²) in [5.41, 5.74) is -1.66. The van der Waals surface area contributed by atoms with Crippen LogP contribution in [0.3, 0.4) is 0 Å². The number of carbonyl (C=O) groups is 2. The van der Waals surface area contributed by atoms with Crippen molar-refractivity contribution in [3.05, 3.63) is 83.2 Å². The van der Waals surface area contributed by atoms with E-state index >= 15 is 0 Å². The highest BCUT2D eigenvalue weighted by atomic mass is 19.4. The molecule has 2 heterocycles. The summed E-state index contributed by atoms with van der Waals surface area (Å²) in [6.07, 6.45) is -1.59. The number of aromatic nitrogens is 2. The van der Waals surface area contributed by atoms with Gasteiger partial charge in [0.2, 0.25) is 5.91 Å². The van der Waals surface area contributed by atoms with Gasteiger partial charge in [-0.15, -0.1) is 0 Å². The third-order valence-corrected chi connectivity index (χ3v) is 5.75. The van der Waals surface area contributed by atoms with Crippen molar-refractivity contribution in [2.24, 2.45) is 0 Å². The largest absolute Gasteiger partial charge is 0.455 e. The lowest BCUT2D eigenvalue weighted by molar-refractivity contribution is -0.138. The van der Waals surface area contributed by atoms with Gasteiger partial charge in [-0.3, -0.25) is 19.6 Å². The van der Waals surface area contributed by atoms with Crippen LogP contribution in [0.5, 0.6) is 11.5 Å². The molecule has 0 saturated heterocycles. The van der Waals surface area contributed by atoms with Gasteiger partial charge in [0.1, 0.15) is 22.9 Å². The molecule has 0 aliphatic heterocycles. The van der Waals surface area contributed by atoms with Gasteiger partial charge in [0.25, 0.3) is 5.91 Å². The van der Waals surface area contributed by atoms with Gasteiger partial charge in [0, 0.05) is 6.20 Å². The molecule has 2 aromatic heterocycles. The maximum Gasteiger partial charge on any atom is 0.419 e.